The monoisotopic (exact) mass is 257 g/mol. The zero-order chi connectivity index (χ0) is 13.8. The van der Waals surface area contributed by atoms with Crippen molar-refractivity contribution in [3.05, 3.63) is 47.8 Å². The van der Waals surface area contributed by atoms with Crippen molar-refractivity contribution in [2.24, 2.45) is 0 Å². The Hall–Kier alpha value is -2.56. The maximum atomic E-state index is 12.0. The number of carbonyl (C=O) groups is 1. The molecule has 0 fully saturated rings. The van der Waals surface area contributed by atoms with E-state index in [4.69, 9.17) is 10.5 Å². The summed E-state index contributed by atoms with van der Waals surface area (Å²) in [5, 5.41) is 2.76. The average Bonchev–Trinajstić information content (AvgIpc) is 2.41. The third-order valence-corrected chi connectivity index (χ3v) is 2.67. The Kier molecular flexibility index (Phi) is 3.66. The molecule has 1 aromatic heterocycles. The van der Waals surface area contributed by atoms with Crippen molar-refractivity contribution in [1.29, 1.82) is 0 Å². The van der Waals surface area contributed by atoms with Gasteiger partial charge in [-0.15, -0.1) is 0 Å². The summed E-state index contributed by atoms with van der Waals surface area (Å²) in [6.45, 7) is 1.83. The van der Waals surface area contributed by atoms with Crippen LogP contribution >= 0.6 is 0 Å². The van der Waals surface area contributed by atoms with Crippen LogP contribution in [0.1, 0.15) is 16.1 Å². The van der Waals surface area contributed by atoms with Crippen LogP contribution in [0.4, 0.5) is 11.4 Å². The number of rotatable bonds is 3. The van der Waals surface area contributed by atoms with Gasteiger partial charge in [0.2, 0.25) is 0 Å². The van der Waals surface area contributed by atoms with Gasteiger partial charge in [-0.1, -0.05) is 0 Å². The number of nitrogens with zero attached hydrogens (tertiary/aromatic N) is 1. The van der Waals surface area contributed by atoms with Gasteiger partial charge in [0.15, 0.2) is 0 Å². The molecule has 0 aliphatic rings. The van der Waals surface area contributed by atoms with Crippen LogP contribution in [-0.4, -0.2) is 18.0 Å². The van der Waals surface area contributed by atoms with Gasteiger partial charge in [-0.25, -0.2) is 0 Å². The smallest absolute Gasteiger partial charge is 0.255 e. The Morgan fingerprint density at radius 1 is 1.32 bits per heavy atom. The number of pyridine rings is 1. The van der Waals surface area contributed by atoms with E-state index in [0.29, 0.717) is 22.7 Å². The summed E-state index contributed by atoms with van der Waals surface area (Å²) in [6, 6.07) is 8.48. The molecule has 3 N–H and O–H groups in total. The van der Waals surface area contributed by atoms with Crippen molar-refractivity contribution in [3.8, 4) is 5.75 Å². The molecule has 0 saturated heterocycles. The summed E-state index contributed by atoms with van der Waals surface area (Å²) in [4.78, 5) is 16.1. The molecule has 0 spiro atoms. The molecule has 5 nitrogen and oxygen atoms in total. The number of nitrogen functional groups attached to an aromatic ring is 1. The lowest BCUT2D eigenvalue weighted by atomic mass is 10.2. The van der Waals surface area contributed by atoms with E-state index in [1.165, 1.54) is 0 Å². The van der Waals surface area contributed by atoms with Gasteiger partial charge < -0.3 is 15.8 Å². The van der Waals surface area contributed by atoms with Crippen molar-refractivity contribution >= 4 is 17.3 Å². The molecule has 98 valence electrons. The standard InChI is InChI=1S/C14H15N3O2/c1-9-7-10(5-6-16-9)14(18)17-13-4-3-11(19-2)8-12(13)15/h3-8H,15H2,1-2H3,(H,17,18). The number of nitrogens with one attached hydrogen (secondary N) is 1. The molecule has 1 amide bonds. The molecule has 2 rings (SSSR count). The van der Waals surface area contributed by atoms with Gasteiger partial charge in [-0.2, -0.15) is 0 Å². The maximum absolute atomic E-state index is 12.0. The van der Waals surface area contributed by atoms with E-state index < -0.39 is 0 Å². The van der Waals surface area contributed by atoms with Crippen molar-refractivity contribution < 1.29 is 9.53 Å². The second-order valence-electron chi connectivity index (χ2n) is 4.09. The van der Waals surface area contributed by atoms with E-state index in [2.05, 4.69) is 10.3 Å². The molecule has 0 unspecified atom stereocenters. The number of methoxy groups -OCH3 is 1. The highest BCUT2D eigenvalue weighted by Crippen LogP contribution is 2.24. The second-order valence-corrected chi connectivity index (χ2v) is 4.09. The lowest BCUT2D eigenvalue weighted by Gasteiger charge is -2.09. The molecule has 0 aliphatic heterocycles. The number of nitrogens with two attached hydrogens (primary N) is 1. The van der Waals surface area contributed by atoms with Crippen LogP contribution in [0.25, 0.3) is 0 Å². The highest BCUT2D eigenvalue weighted by atomic mass is 16.5. The first kappa shape index (κ1) is 12.9. The fourth-order valence-electron chi connectivity index (χ4n) is 1.66. The normalized spacial score (nSPS) is 10.0. The summed E-state index contributed by atoms with van der Waals surface area (Å²) >= 11 is 0. The second kappa shape index (κ2) is 5.39. The number of aromatic nitrogens is 1. The molecule has 0 bridgehead atoms. The fourth-order valence-corrected chi connectivity index (χ4v) is 1.66. The lowest BCUT2D eigenvalue weighted by Crippen LogP contribution is -2.13. The molecule has 1 aromatic carbocycles. The number of ether oxygens (including phenoxy) is 1. The molecule has 19 heavy (non-hydrogen) atoms. The van der Waals surface area contributed by atoms with Gasteiger partial charge in [0, 0.05) is 23.5 Å². The molecule has 0 saturated carbocycles. The predicted octanol–water partition coefficient (Wildman–Crippen LogP) is 2.23. The zero-order valence-electron chi connectivity index (χ0n) is 10.8. The van der Waals surface area contributed by atoms with Crippen LogP contribution in [-0.2, 0) is 0 Å². The number of benzene rings is 1. The molecular weight excluding hydrogens is 242 g/mol. The quantitative estimate of drug-likeness (QED) is 0.827. The van der Waals surface area contributed by atoms with Gasteiger partial charge in [0.1, 0.15) is 5.75 Å². The van der Waals surface area contributed by atoms with Gasteiger partial charge in [-0.3, -0.25) is 9.78 Å². The van der Waals surface area contributed by atoms with Crippen LogP contribution in [0.15, 0.2) is 36.5 Å². The molecule has 2 aromatic rings. The summed E-state index contributed by atoms with van der Waals surface area (Å²) < 4.78 is 5.05. The summed E-state index contributed by atoms with van der Waals surface area (Å²) in [6.07, 6.45) is 1.60. The Morgan fingerprint density at radius 3 is 2.74 bits per heavy atom. The minimum absolute atomic E-state index is 0.220. The first-order valence-corrected chi connectivity index (χ1v) is 5.77. The van der Waals surface area contributed by atoms with E-state index in [0.717, 1.165) is 5.69 Å². The molecule has 1 heterocycles. The third-order valence-electron chi connectivity index (χ3n) is 2.67. The molecule has 0 aliphatic carbocycles. The van der Waals surface area contributed by atoms with Gasteiger partial charge in [0.05, 0.1) is 18.5 Å². The van der Waals surface area contributed by atoms with Gasteiger partial charge in [0.25, 0.3) is 5.91 Å². The van der Waals surface area contributed by atoms with Gasteiger partial charge >= 0.3 is 0 Å². The van der Waals surface area contributed by atoms with E-state index in [1.807, 2.05) is 6.92 Å². The SMILES string of the molecule is COc1ccc(NC(=O)c2ccnc(C)c2)c(N)c1. The van der Waals surface area contributed by atoms with E-state index >= 15 is 0 Å². The van der Waals surface area contributed by atoms with Crippen molar-refractivity contribution in [2.75, 3.05) is 18.2 Å². The minimum Gasteiger partial charge on any atom is -0.497 e. The zero-order valence-corrected chi connectivity index (χ0v) is 10.8. The molecular formula is C14H15N3O2. The summed E-state index contributed by atoms with van der Waals surface area (Å²) in [7, 11) is 1.56. The van der Waals surface area contributed by atoms with Crippen molar-refractivity contribution in [2.45, 2.75) is 6.92 Å². The summed E-state index contributed by atoms with van der Waals surface area (Å²) in [5.41, 5.74) is 8.19. The predicted molar refractivity (Wildman–Crippen MR) is 74.3 cm³/mol. The largest absolute Gasteiger partial charge is 0.497 e. The van der Waals surface area contributed by atoms with Crippen molar-refractivity contribution in [3.63, 3.8) is 0 Å². The highest BCUT2D eigenvalue weighted by Gasteiger charge is 2.09. The first-order valence-electron chi connectivity index (χ1n) is 5.77. The Morgan fingerprint density at radius 2 is 2.11 bits per heavy atom. The van der Waals surface area contributed by atoms with Crippen LogP contribution in [0, 0.1) is 6.92 Å². The van der Waals surface area contributed by atoms with Gasteiger partial charge in [-0.05, 0) is 31.2 Å². The average molecular weight is 257 g/mol. The number of anilines is 2. The number of hydrogen-bond donors (Lipinski definition) is 2. The Balaban J connectivity index is 2.19. The Labute approximate surface area is 111 Å². The first-order chi connectivity index (χ1) is 9.10. The number of carbonyl (C=O) groups excluding carboxylic acids is 1. The van der Waals surface area contributed by atoms with E-state index in [9.17, 15) is 4.79 Å². The number of aryl methyl sites for hydroxylation is 1. The summed E-state index contributed by atoms with van der Waals surface area (Å²) in [5.74, 6) is 0.428. The third kappa shape index (κ3) is 3.01. The fraction of sp³-hybridized carbons (Fsp3) is 0.143. The van der Waals surface area contributed by atoms with E-state index in [-0.39, 0.29) is 5.91 Å². The minimum atomic E-state index is -0.220. The highest BCUT2D eigenvalue weighted by molar-refractivity contribution is 6.05. The molecule has 0 radical (unpaired) electrons. The number of amides is 1. The van der Waals surface area contributed by atoms with Crippen molar-refractivity contribution in [1.82, 2.24) is 4.98 Å². The molecule has 5 heteroatoms. The topological polar surface area (TPSA) is 77.2 Å². The lowest BCUT2D eigenvalue weighted by molar-refractivity contribution is 0.102. The van der Waals surface area contributed by atoms with Crippen LogP contribution in [0.3, 0.4) is 0 Å². The van der Waals surface area contributed by atoms with Crippen LogP contribution in [0.2, 0.25) is 0 Å². The van der Waals surface area contributed by atoms with Crippen LogP contribution < -0.4 is 15.8 Å². The maximum Gasteiger partial charge on any atom is 0.255 e. The van der Waals surface area contributed by atoms with E-state index in [1.54, 1.807) is 43.6 Å². The molecule has 0 atom stereocenters. The number of hydrogen-bond acceptors (Lipinski definition) is 4. The van der Waals surface area contributed by atoms with Crippen LogP contribution in [0.5, 0.6) is 5.75 Å². The Bertz CT molecular complexity index is 611.